The van der Waals surface area contributed by atoms with E-state index < -0.39 is 0 Å². The lowest BCUT2D eigenvalue weighted by molar-refractivity contribution is -0.116. The summed E-state index contributed by atoms with van der Waals surface area (Å²) in [5.74, 6) is -0.00702. The van der Waals surface area contributed by atoms with Crippen molar-refractivity contribution >= 4 is 28.9 Å². The molecule has 0 radical (unpaired) electrons. The van der Waals surface area contributed by atoms with E-state index in [0.29, 0.717) is 11.4 Å². The van der Waals surface area contributed by atoms with Gasteiger partial charge >= 0.3 is 0 Å². The second-order valence-corrected chi connectivity index (χ2v) is 4.06. The van der Waals surface area contributed by atoms with E-state index in [9.17, 15) is 4.79 Å². The van der Waals surface area contributed by atoms with Crippen LogP contribution in [0.5, 0.6) is 0 Å². The number of halogens is 1. The first-order valence-corrected chi connectivity index (χ1v) is 5.09. The summed E-state index contributed by atoms with van der Waals surface area (Å²) in [5.41, 5.74) is 2.55. The molecule has 4 heteroatoms. The average Bonchev–Trinajstić information content (AvgIpc) is 2.50. The molecule has 0 unspecified atom stereocenters. The molecule has 0 spiro atoms. The summed E-state index contributed by atoms with van der Waals surface area (Å²) in [6.45, 7) is 3.76. The number of carbonyl (C=O) groups excluding carboxylic acids is 1. The molecule has 1 aliphatic rings. The Morgan fingerprint density at radius 2 is 2.13 bits per heavy atom. The van der Waals surface area contributed by atoms with Gasteiger partial charge in [-0.25, -0.2) is 5.01 Å². The summed E-state index contributed by atoms with van der Waals surface area (Å²) in [6.07, 6.45) is 0.394. The summed E-state index contributed by atoms with van der Waals surface area (Å²) in [4.78, 5) is 11.5. The van der Waals surface area contributed by atoms with Gasteiger partial charge in [0.25, 0.3) is 5.91 Å². The molecule has 0 bridgehead atoms. The van der Waals surface area contributed by atoms with E-state index >= 15 is 0 Å². The summed E-state index contributed by atoms with van der Waals surface area (Å²) in [6, 6.07) is 5.49. The number of carbonyl (C=O) groups is 1. The Balaban J connectivity index is 2.38. The van der Waals surface area contributed by atoms with Gasteiger partial charge in [0.2, 0.25) is 0 Å². The summed E-state index contributed by atoms with van der Waals surface area (Å²) in [7, 11) is 0. The van der Waals surface area contributed by atoms with Crippen LogP contribution in [-0.2, 0) is 4.79 Å². The Morgan fingerprint density at radius 1 is 1.40 bits per heavy atom. The predicted molar refractivity (Wildman–Crippen MR) is 61.4 cm³/mol. The first-order valence-electron chi connectivity index (χ1n) is 4.71. The van der Waals surface area contributed by atoms with Crippen LogP contribution in [0.1, 0.15) is 18.9 Å². The number of hydrogen-bond donors (Lipinski definition) is 0. The highest BCUT2D eigenvalue weighted by molar-refractivity contribution is 6.31. The van der Waals surface area contributed by atoms with Gasteiger partial charge in [0.05, 0.1) is 12.1 Å². The second-order valence-electron chi connectivity index (χ2n) is 3.65. The van der Waals surface area contributed by atoms with Gasteiger partial charge in [0.15, 0.2) is 0 Å². The van der Waals surface area contributed by atoms with Crippen molar-refractivity contribution in [2.75, 3.05) is 5.01 Å². The maximum absolute atomic E-state index is 11.5. The van der Waals surface area contributed by atoms with Crippen LogP contribution in [0.4, 0.5) is 5.69 Å². The van der Waals surface area contributed by atoms with E-state index in [2.05, 4.69) is 5.10 Å². The summed E-state index contributed by atoms with van der Waals surface area (Å²) >= 11 is 5.99. The lowest BCUT2D eigenvalue weighted by atomic mass is 10.2. The van der Waals surface area contributed by atoms with Crippen molar-refractivity contribution in [3.63, 3.8) is 0 Å². The Morgan fingerprint density at radius 3 is 2.67 bits per heavy atom. The van der Waals surface area contributed by atoms with Gasteiger partial charge in [-0.3, -0.25) is 4.79 Å². The zero-order valence-corrected chi connectivity index (χ0v) is 9.38. The first-order chi connectivity index (χ1) is 7.08. The fraction of sp³-hybridized carbons (Fsp3) is 0.273. The highest BCUT2D eigenvalue weighted by atomic mass is 35.5. The largest absolute Gasteiger partial charge is 0.272 e. The maximum Gasteiger partial charge on any atom is 0.253 e. The normalized spacial score (nSPS) is 15.8. The first kappa shape index (κ1) is 10.2. The molecule has 0 saturated carbocycles. The molecule has 0 aliphatic carbocycles. The van der Waals surface area contributed by atoms with E-state index in [-0.39, 0.29) is 5.91 Å². The molecular formula is C11H11ClN2O. The number of anilines is 1. The van der Waals surface area contributed by atoms with Crippen LogP contribution in [0, 0.1) is 6.92 Å². The molecule has 78 valence electrons. The number of hydrogen-bond acceptors (Lipinski definition) is 2. The van der Waals surface area contributed by atoms with Crippen molar-refractivity contribution in [1.82, 2.24) is 0 Å². The minimum absolute atomic E-state index is 0.00702. The molecule has 3 nitrogen and oxygen atoms in total. The van der Waals surface area contributed by atoms with E-state index in [1.165, 1.54) is 5.01 Å². The van der Waals surface area contributed by atoms with Crippen molar-refractivity contribution in [2.24, 2.45) is 5.10 Å². The van der Waals surface area contributed by atoms with Crippen LogP contribution in [0.3, 0.4) is 0 Å². The van der Waals surface area contributed by atoms with Crippen LogP contribution < -0.4 is 5.01 Å². The molecule has 0 fully saturated rings. The molecule has 1 aromatic carbocycles. The summed E-state index contributed by atoms with van der Waals surface area (Å²) in [5, 5.41) is 6.21. The Bertz CT molecular complexity index is 454. The number of rotatable bonds is 1. The molecule has 15 heavy (non-hydrogen) atoms. The molecule has 2 rings (SSSR count). The van der Waals surface area contributed by atoms with Gasteiger partial charge in [-0.1, -0.05) is 17.7 Å². The highest BCUT2D eigenvalue weighted by Gasteiger charge is 2.22. The fourth-order valence-corrected chi connectivity index (χ4v) is 1.65. The lowest BCUT2D eigenvalue weighted by Crippen LogP contribution is -2.19. The zero-order valence-electron chi connectivity index (χ0n) is 8.62. The van der Waals surface area contributed by atoms with Crippen molar-refractivity contribution in [3.8, 4) is 0 Å². The van der Waals surface area contributed by atoms with E-state index in [1.807, 2.05) is 26.0 Å². The van der Waals surface area contributed by atoms with Crippen molar-refractivity contribution in [3.05, 3.63) is 28.8 Å². The highest BCUT2D eigenvalue weighted by Crippen LogP contribution is 2.25. The third-order valence-corrected chi connectivity index (χ3v) is 2.72. The molecule has 0 atom stereocenters. The number of aryl methyl sites for hydroxylation is 1. The molecule has 0 N–H and O–H groups in total. The van der Waals surface area contributed by atoms with E-state index in [0.717, 1.165) is 17.0 Å². The van der Waals surface area contributed by atoms with Crippen LogP contribution in [0.2, 0.25) is 5.02 Å². The molecule has 1 aliphatic heterocycles. The molecule has 0 saturated heterocycles. The Labute approximate surface area is 93.3 Å². The lowest BCUT2D eigenvalue weighted by Gasteiger charge is -2.12. The third kappa shape index (κ3) is 1.88. The van der Waals surface area contributed by atoms with Crippen LogP contribution >= 0.6 is 11.6 Å². The van der Waals surface area contributed by atoms with Gasteiger partial charge in [-0.15, -0.1) is 0 Å². The van der Waals surface area contributed by atoms with Gasteiger partial charge in [-0.05, 0) is 31.5 Å². The van der Waals surface area contributed by atoms with Crippen molar-refractivity contribution < 1.29 is 4.79 Å². The SMILES string of the molecule is CC1=NN(c2ccc(C)c(Cl)c2)C(=O)C1. The Hall–Kier alpha value is -1.35. The van der Waals surface area contributed by atoms with E-state index in [4.69, 9.17) is 11.6 Å². The standard InChI is InChI=1S/C11H11ClN2O/c1-7-3-4-9(6-10(7)12)14-11(15)5-8(2)13-14/h3-4,6H,5H2,1-2H3. The van der Waals surface area contributed by atoms with Gasteiger partial charge in [-0.2, -0.15) is 5.10 Å². The smallest absolute Gasteiger partial charge is 0.253 e. The van der Waals surface area contributed by atoms with E-state index in [1.54, 1.807) is 6.07 Å². The minimum atomic E-state index is -0.00702. The topological polar surface area (TPSA) is 32.7 Å². The number of amides is 1. The van der Waals surface area contributed by atoms with Gasteiger partial charge in [0.1, 0.15) is 0 Å². The van der Waals surface area contributed by atoms with Crippen molar-refractivity contribution in [1.29, 1.82) is 0 Å². The number of benzene rings is 1. The zero-order chi connectivity index (χ0) is 11.0. The van der Waals surface area contributed by atoms with Crippen LogP contribution in [0.15, 0.2) is 23.3 Å². The van der Waals surface area contributed by atoms with Crippen LogP contribution in [-0.4, -0.2) is 11.6 Å². The second kappa shape index (κ2) is 3.66. The third-order valence-electron chi connectivity index (χ3n) is 2.31. The quantitative estimate of drug-likeness (QED) is 0.719. The van der Waals surface area contributed by atoms with Gasteiger partial charge in [0, 0.05) is 10.7 Å². The monoisotopic (exact) mass is 222 g/mol. The number of nitrogens with zero attached hydrogens (tertiary/aromatic N) is 2. The predicted octanol–water partition coefficient (Wildman–Crippen LogP) is 2.76. The molecule has 0 aromatic heterocycles. The molecular weight excluding hydrogens is 212 g/mol. The number of hydrazone groups is 1. The molecule has 1 heterocycles. The summed E-state index contributed by atoms with van der Waals surface area (Å²) < 4.78 is 0. The minimum Gasteiger partial charge on any atom is -0.272 e. The van der Waals surface area contributed by atoms with Crippen LogP contribution in [0.25, 0.3) is 0 Å². The fourth-order valence-electron chi connectivity index (χ4n) is 1.47. The molecule has 1 amide bonds. The average molecular weight is 223 g/mol. The maximum atomic E-state index is 11.5. The van der Waals surface area contributed by atoms with Crippen molar-refractivity contribution in [2.45, 2.75) is 20.3 Å². The Kier molecular flexibility index (Phi) is 2.49. The molecule has 1 aromatic rings. The van der Waals surface area contributed by atoms with Gasteiger partial charge < -0.3 is 0 Å².